The normalized spacial score (nSPS) is 48.9. The van der Waals surface area contributed by atoms with Gasteiger partial charge in [-0.1, -0.05) is 19.4 Å². The molecule has 4 aliphatic carbocycles. The third kappa shape index (κ3) is 2.13. The lowest BCUT2D eigenvalue weighted by molar-refractivity contribution is -0.171. The average molecular weight is 374 g/mol. The van der Waals surface area contributed by atoms with E-state index in [9.17, 15) is 24.9 Å². The maximum atomic E-state index is 12.9. The van der Waals surface area contributed by atoms with Gasteiger partial charge in [0.25, 0.3) is 0 Å². The summed E-state index contributed by atoms with van der Waals surface area (Å²) in [4.78, 5) is 25.5. The Labute approximate surface area is 160 Å². The van der Waals surface area contributed by atoms with Crippen molar-refractivity contribution in [3.05, 3.63) is 23.5 Å². The Bertz CT molecular complexity index is 767. The summed E-state index contributed by atoms with van der Waals surface area (Å²) in [5.74, 6) is -0.0908. The van der Waals surface area contributed by atoms with Gasteiger partial charge in [-0.15, -0.1) is 0 Å². The number of aliphatic hydroxyl groups excluding tert-OH is 2. The molecule has 5 nitrogen and oxygen atoms in total. The van der Waals surface area contributed by atoms with Crippen molar-refractivity contribution < 1.29 is 24.9 Å². The number of rotatable bonds is 2. The minimum atomic E-state index is -1.50. The van der Waals surface area contributed by atoms with Crippen LogP contribution in [0.3, 0.4) is 0 Å². The molecule has 3 fully saturated rings. The van der Waals surface area contributed by atoms with Crippen LogP contribution in [0.15, 0.2) is 23.5 Å². The van der Waals surface area contributed by atoms with E-state index in [4.69, 9.17) is 0 Å². The first kappa shape index (κ1) is 18.9. The van der Waals surface area contributed by atoms with Gasteiger partial charge < -0.3 is 15.3 Å². The first-order chi connectivity index (χ1) is 12.6. The molecule has 0 aliphatic heterocycles. The molecular weight excluding hydrogens is 344 g/mol. The summed E-state index contributed by atoms with van der Waals surface area (Å²) >= 11 is 0. The van der Waals surface area contributed by atoms with Gasteiger partial charge >= 0.3 is 0 Å². The van der Waals surface area contributed by atoms with E-state index in [0.717, 1.165) is 31.3 Å². The van der Waals surface area contributed by atoms with E-state index >= 15 is 0 Å². The fourth-order valence-electron chi connectivity index (χ4n) is 7.35. The molecule has 4 aliphatic rings. The largest absolute Gasteiger partial charge is 0.508 e. The molecule has 27 heavy (non-hydrogen) atoms. The molecule has 0 heterocycles. The number of carbonyl (C=O) groups is 2. The summed E-state index contributed by atoms with van der Waals surface area (Å²) in [5.41, 5.74) is -1.64. The van der Waals surface area contributed by atoms with Gasteiger partial charge in [-0.25, -0.2) is 0 Å². The van der Waals surface area contributed by atoms with E-state index in [2.05, 4.69) is 0 Å². The van der Waals surface area contributed by atoms with Gasteiger partial charge in [0.2, 0.25) is 0 Å². The molecule has 0 aromatic heterocycles. The molecule has 0 radical (unpaired) electrons. The highest BCUT2D eigenvalue weighted by atomic mass is 16.3. The lowest BCUT2D eigenvalue weighted by Crippen LogP contribution is -2.60. The first-order valence-corrected chi connectivity index (χ1v) is 10.1. The number of fused-ring (bicyclic) bond motifs is 5. The Hall–Kier alpha value is -1.46. The summed E-state index contributed by atoms with van der Waals surface area (Å²) < 4.78 is 0. The Morgan fingerprint density at radius 3 is 2.59 bits per heavy atom. The van der Waals surface area contributed by atoms with E-state index in [-0.39, 0.29) is 35.2 Å². The summed E-state index contributed by atoms with van der Waals surface area (Å²) in [6, 6.07) is 0. The van der Waals surface area contributed by atoms with Crippen molar-refractivity contribution in [1.29, 1.82) is 0 Å². The molecule has 0 spiro atoms. The second-order valence-electron chi connectivity index (χ2n) is 9.66. The van der Waals surface area contributed by atoms with Crippen LogP contribution in [-0.4, -0.2) is 39.1 Å². The fraction of sp³-hybridized carbons (Fsp3) is 0.727. The zero-order valence-corrected chi connectivity index (χ0v) is 16.4. The van der Waals surface area contributed by atoms with Crippen molar-refractivity contribution in [2.24, 2.45) is 34.5 Å². The molecular formula is C22H30O5. The van der Waals surface area contributed by atoms with Gasteiger partial charge in [0, 0.05) is 11.5 Å². The van der Waals surface area contributed by atoms with Crippen molar-refractivity contribution in [3.63, 3.8) is 0 Å². The highest BCUT2D eigenvalue weighted by molar-refractivity contribution is 5.99. The van der Waals surface area contributed by atoms with Gasteiger partial charge in [-0.05, 0) is 68.8 Å². The van der Waals surface area contributed by atoms with Crippen LogP contribution < -0.4 is 0 Å². The minimum absolute atomic E-state index is 0.0245. The molecule has 0 amide bonds. The molecule has 0 aromatic rings. The van der Waals surface area contributed by atoms with Crippen LogP contribution in [0, 0.1) is 34.5 Å². The molecule has 3 saturated carbocycles. The van der Waals surface area contributed by atoms with Crippen molar-refractivity contribution >= 4 is 11.6 Å². The topological polar surface area (TPSA) is 94.8 Å². The van der Waals surface area contributed by atoms with Crippen LogP contribution >= 0.6 is 0 Å². The number of aliphatic hydroxyl groups is 3. The third-order valence-electron chi connectivity index (χ3n) is 8.86. The molecule has 0 bridgehead atoms. The van der Waals surface area contributed by atoms with Gasteiger partial charge in [0.15, 0.2) is 11.6 Å². The second-order valence-corrected chi connectivity index (χ2v) is 9.66. The van der Waals surface area contributed by atoms with Crippen LogP contribution in [0.4, 0.5) is 0 Å². The second kappa shape index (κ2) is 5.77. The molecule has 0 unspecified atom stereocenters. The smallest absolute Gasteiger partial charge is 0.190 e. The van der Waals surface area contributed by atoms with Crippen molar-refractivity contribution in [1.82, 2.24) is 0 Å². The molecule has 0 aromatic carbocycles. The number of Topliss-reactive ketones (excluding diaryl/α,β-unsaturated/α-hetero) is 1. The number of carbonyl (C=O) groups excluding carboxylic acids is 2. The quantitative estimate of drug-likeness (QED) is 0.691. The molecule has 4 rings (SSSR count). The SMILES string of the molecule is C[C@@H]1C[C@H]2[C@@H]3CCC4=CC(O)=CC(=O)[C@]4(C)[C@H]3CC[C@]2(C)[C@@]1(O)C(=O)CO. The highest BCUT2D eigenvalue weighted by Crippen LogP contribution is 2.68. The minimum Gasteiger partial charge on any atom is -0.508 e. The van der Waals surface area contributed by atoms with Gasteiger partial charge in [-0.3, -0.25) is 9.59 Å². The maximum absolute atomic E-state index is 12.9. The van der Waals surface area contributed by atoms with Crippen molar-refractivity contribution in [2.45, 2.75) is 58.5 Å². The third-order valence-corrected chi connectivity index (χ3v) is 8.86. The van der Waals surface area contributed by atoms with E-state index < -0.39 is 28.8 Å². The zero-order chi connectivity index (χ0) is 19.8. The van der Waals surface area contributed by atoms with E-state index in [1.165, 1.54) is 6.08 Å². The number of allylic oxidation sites excluding steroid dienone is 3. The van der Waals surface area contributed by atoms with E-state index in [1.54, 1.807) is 6.08 Å². The van der Waals surface area contributed by atoms with Crippen LogP contribution in [0.1, 0.15) is 52.9 Å². The van der Waals surface area contributed by atoms with Crippen LogP contribution in [-0.2, 0) is 9.59 Å². The molecule has 7 atom stereocenters. The zero-order valence-electron chi connectivity index (χ0n) is 16.4. The van der Waals surface area contributed by atoms with Crippen LogP contribution in [0.25, 0.3) is 0 Å². The molecule has 3 N–H and O–H groups in total. The van der Waals surface area contributed by atoms with Gasteiger partial charge in [-0.2, -0.15) is 0 Å². The highest BCUT2D eigenvalue weighted by Gasteiger charge is 2.69. The molecule has 5 heteroatoms. The van der Waals surface area contributed by atoms with Gasteiger partial charge in [0.05, 0.1) is 5.41 Å². The first-order valence-electron chi connectivity index (χ1n) is 10.1. The standard InChI is InChI=1S/C22H30O5/c1-12-8-17-15-5-4-13-9-14(24)10-18(25)21(13,3)16(15)6-7-20(17,2)22(12,27)19(26)11-23/h9-10,12,15-17,23-24,27H,4-8,11H2,1-3H3/t12-,15-,16+,17+,20+,21+,22+/m1/s1. The van der Waals surface area contributed by atoms with Crippen LogP contribution in [0.2, 0.25) is 0 Å². The predicted octanol–water partition coefficient (Wildman–Crippen LogP) is 2.72. The lowest BCUT2D eigenvalue weighted by atomic mass is 9.46. The molecule has 0 saturated heterocycles. The Kier molecular flexibility index (Phi) is 4.04. The summed E-state index contributed by atoms with van der Waals surface area (Å²) in [7, 11) is 0. The van der Waals surface area contributed by atoms with Gasteiger partial charge in [0.1, 0.15) is 18.0 Å². The number of hydrogen-bond donors (Lipinski definition) is 3. The summed E-state index contributed by atoms with van der Waals surface area (Å²) in [5, 5.41) is 30.8. The van der Waals surface area contributed by atoms with Crippen molar-refractivity contribution in [2.75, 3.05) is 6.61 Å². The lowest BCUT2D eigenvalue weighted by Gasteiger charge is -2.57. The molecule has 148 valence electrons. The van der Waals surface area contributed by atoms with E-state index in [1.807, 2.05) is 20.8 Å². The van der Waals surface area contributed by atoms with Crippen LogP contribution in [0.5, 0.6) is 0 Å². The summed E-state index contributed by atoms with van der Waals surface area (Å²) in [6.45, 7) is 5.29. The average Bonchev–Trinajstić information content (AvgIpc) is 2.83. The maximum Gasteiger partial charge on any atom is 0.190 e. The Morgan fingerprint density at radius 2 is 1.93 bits per heavy atom. The Balaban J connectivity index is 1.74. The van der Waals surface area contributed by atoms with Crippen molar-refractivity contribution in [3.8, 4) is 0 Å². The number of hydrogen-bond acceptors (Lipinski definition) is 5. The van der Waals surface area contributed by atoms with E-state index in [0.29, 0.717) is 6.42 Å². The summed E-state index contributed by atoms with van der Waals surface area (Å²) in [6.07, 6.45) is 6.94. The fourth-order valence-corrected chi connectivity index (χ4v) is 7.35. The number of ketones is 2. The predicted molar refractivity (Wildman–Crippen MR) is 99.8 cm³/mol. The Morgan fingerprint density at radius 1 is 1.22 bits per heavy atom. The monoisotopic (exact) mass is 374 g/mol.